The van der Waals surface area contributed by atoms with E-state index in [4.69, 9.17) is 26.6 Å². The molecule has 0 spiro atoms. The third-order valence-corrected chi connectivity index (χ3v) is 1.14. The first-order valence-corrected chi connectivity index (χ1v) is 3.04. The number of hydrogen-bond acceptors (Lipinski definition) is 4. The van der Waals surface area contributed by atoms with Gasteiger partial charge in [0.05, 0.1) is 0 Å². The van der Waals surface area contributed by atoms with Crippen molar-refractivity contribution in [3.63, 3.8) is 0 Å². The van der Waals surface area contributed by atoms with Gasteiger partial charge in [-0.25, -0.2) is 0 Å². The number of ether oxygens (including phenoxy) is 1. The van der Waals surface area contributed by atoms with E-state index in [1.165, 1.54) is 0 Å². The fraction of sp³-hybridized carbons (Fsp3) is 0.500. The SMILES string of the molecule is CCOC(C#N)(C=N)C(=N)N. The Morgan fingerprint density at radius 1 is 1.91 bits per heavy atom. The number of nitriles is 1. The maximum Gasteiger partial charge on any atom is 0.246 e. The molecule has 0 aliphatic carbocycles. The molecule has 0 aromatic carbocycles. The summed E-state index contributed by atoms with van der Waals surface area (Å²) in [7, 11) is 0. The van der Waals surface area contributed by atoms with Gasteiger partial charge in [-0.2, -0.15) is 5.26 Å². The molecule has 11 heavy (non-hydrogen) atoms. The molecule has 0 aliphatic rings. The largest absolute Gasteiger partial charge is 0.384 e. The van der Waals surface area contributed by atoms with Crippen LogP contribution in [0.2, 0.25) is 0 Å². The normalized spacial score (nSPS) is 14.5. The molecule has 0 rings (SSSR count). The summed E-state index contributed by atoms with van der Waals surface area (Å²) < 4.78 is 4.84. The molecule has 0 aromatic heterocycles. The standard InChI is InChI=1S/C6H10N4O/c1-2-11-6(3-7,4-8)5(9)10/h3,7H,2H2,1H3,(H3,9,10). The van der Waals surface area contributed by atoms with Crippen molar-refractivity contribution in [2.75, 3.05) is 6.61 Å². The van der Waals surface area contributed by atoms with Gasteiger partial charge >= 0.3 is 0 Å². The van der Waals surface area contributed by atoms with Crippen LogP contribution in [0.5, 0.6) is 0 Å². The summed E-state index contributed by atoms with van der Waals surface area (Å²) in [5.41, 5.74) is 3.41. The summed E-state index contributed by atoms with van der Waals surface area (Å²) in [6.45, 7) is 1.90. The summed E-state index contributed by atoms with van der Waals surface area (Å²) in [4.78, 5) is 0. The first-order valence-electron chi connectivity index (χ1n) is 3.04. The molecule has 1 unspecified atom stereocenters. The summed E-state index contributed by atoms with van der Waals surface area (Å²) in [6, 6.07) is 1.65. The lowest BCUT2D eigenvalue weighted by molar-refractivity contribution is 0.107. The van der Waals surface area contributed by atoms with Crippen LogP contribution in [-0.2, 0) is 4.74 Å². The summed E-state index contributed by atoms with van der Waals surface area (Å²) in [5.74, 6) is -0.461. The smallest absolute Gasteiger partial charge is 0.246 e. The predicted molar refractivity (Wildman–Crippen MR) is 40.7 cm³/mol. The molecule has 0 saturated carbocycles. The first kappa shape index (κ1) is 9.59. The van der Waals surface area contributed by atoms with Crippen LogP contribution in [0.3, 0.4) is 0 Å². The van der Waals surface area contributed by atoms with E-state index in [1.807, 2.05) is 0 Å². The Morgan fingerprint density at radius 2 is 2.45 bits per heavy atom. The van der Waals surface area contributed by atoms with Gasteiger partial charge in [0.25, 0.3) is 0 Å². The van der Waals surface area contributed by atoms with Gasteiger partial charge in [-0.15, -0.1) is 0 Å². The molecule has 0 saturated heterocycles. The molecule has 5 nitrogen and oxygen atoms in total. The van der Waals surface area contributed by atoms with Crippen molar-refractivity contribution in [1.82, 2.24) is 0 Å². The van der Waals surface area contributed by atoms with Crippen molar-refractivity contribution in [2.24, 2.45) is 5.73 Å². The van der Waals surface area contributed by atoms with Crippen molar-refractivity contribution >= 4 is 12.1 Å². The number of amidine groups is 1. The number of hydrogen-bond donors (Lipinski definition) is 3. The Bertz CT molecular complexity index is 207. The molecule has 0 fully saturated rings. The van der Waals surface area contributed by atoms with Gasteiger partial charge in [-0.1, -0.05) is 0 Å². The van der Waals surface area contributed by atoms with Gasteiger partial charge in [0.1, 0.15) is 11.9 Å². The third kappa shape index (κ3) is 1.75. The van der Waals surface area contributed by atoms with Crippen molar-refractivity contribution in [2.45, 2.75) is 12.5 Å². The Hall–Kier alpha value is -1.41. The van der Waals surface area contributed by atoms with Crippen LogP contribution in [0, 0.1) is 22.1 Å². The molecule has 0 aliphatic heterocycles. The lowest BCUT2D eigenvalue weighted by Gasteiger charge is -2.18. The molecule has 0 heterocycles. The lowest BCUT2D eigenvalue weighted by Crippen LogP contribution is -2.46. The van der Waals surface area contributed by atoms with E-state index in [1.54, 1.807) is 13.0 Å². The van der Waals surface area contributed by atoms with Crippen molar-refractivity contribution in [1.29, 1.82) is 16.1 Å². The number of rotatable bonds is 4. The highest BCUT2D eigenvalue weighted by Crippen LogP contribution is 2.05. The highest BCUT2D eigenvalue weighted by atomic mass is 16.5. The molecule has 1 atom stereocenters. The van der Waals surface area contributed by atoms with Crippen LogP contribution < -0.4 is 5.73 Å². The fourth-order valence-corrected chi connectivity index (χ4v) is 0.550. The zero-order valence-electron chi connectivity index (χ0n) is 6.22. The molecule has 0 amide bonds. The van der Waals surface area contributed by atoms with E-state index in [2.05, 4.69) is 0 Å². The van der Waals surface area contributed by atoms with Gasteiger partial charge in [0.2, 0.25) is 5.60 Å². The maximum absolute atomic E-state index is 8.53. The topological polar surface area (TPSA) is 107 Å². The van der Waals surface area contributed by atoms with Crippen LogP contribution in [0.1, 0.15) is 6.92 Å². The van der Waals surface area contributed by atoms with Crippen LogP contribution >= 0.6 is 0 Å². The van der Waals surface area contributed by atoms with Gasteiger partial charge in [-0.3, -0.25) is 5.41 Å². The van der Waals surface area contributed by atoms with Crippen LogP contribution in [0.15, 0.2) is 0 Å². The second-order valence-electron chi connectivity index (χ2n) is 1.84. The molecule has 0 bridgehead atoms. The monoisotopic (exact) mass is 154 g/mol. The molecule has 60 valence electrons. The van der Waals surface area contributed by atoms with Gasteiger partial charge < -0.3 is 15.9 Å². The van der Waals surface area contributed by atoms with E-state index >= 15 is 0 Å². The number of nitrogens with zero attached hydrogens (tertiary/aromatic N) is 1. The Morgan fingerprint density at radius 3 is 2.55 bits per heavy atom. The zero-order valence-corrected chi connectivity index (χ0v) is 6.22. The van der Waals surface area contributed by atoms with E-state index in [9.17, 15) is 0 Å². The number of nitrogens with two attached hydrogens (primary N) is 1. The van der Waals surface area contributed by atoms with Crippen molar-refractivity contribution in [3.05, 3.63) is 0 Å². The van der Waals surface area contributed by atoms with E-state index in [0.717, 1.165) is 6.21 Å². The second kappa shape index (κ2) is 3.68. The molecule has 0 radical (unpaired) electrons. The predicted octanol–water partition coefficient (Wildman–Crippen LogP) is -0.129. The quantitative estimate of drug-likeness (QED) is 0.387. The molecule has 0 aromatic rings. The second-order valence-corrected chi connectivity index (χ2v) is 1.84. The Labute approximate surface area is 64.8 Å². The lowest BCUT2D eigenvalue weighted by atomic mass is 10.1. The van der Waals surface area contributed by atoms with Crippen molar-refractivity contribution < 1.29 is 4.74 Å². The minimum absolute atomic E-state index is 0.239. The van der Waals surface area contributed by atoms with E-state index in [-0.39, 0.29) is 6.61 Å². The Balaban J connectivity index is 4.64. The zero-order chi connectivity index (χ0) is 8.91. The summed E-state index contributed by atoms with van der Waals surface area (Å²) in [5, 5.41) is 22.4. The van der Waals surface area contributed by atoms with Gasteiger partial charge in [0.15, 0.2) is 0 Å². The minimum atomic E-state index is -1.66. The van der Waals surface area contributed by atoms with E-state index < -0.39 is 11.4 Å². The van der Waals surface area contributed by atoms with Gasteiger partial charge in [-0.05, 0) is 6.92 Å². The van der Waals surface area contributed by atoms with Gasteiger partial charge in [0, 0.05) is 12.8 Å². The average Bonchev–Trinajstić information content (AvgIpc) is 2.00. The Kier molecular flexibility index (Phi) is 3.21. The maximum atomic E-state index is 8.53. The average molecular weight is 154 g/mol. The fourth-order valence-electron chi connectivity index (χ4n) is 0.550. The van der Waals surface area contributed by atoms with Crippen LogP contribution in [0.4, 0.5) is 0 Å². The molecule has 5 heteroatoms. The minimum Gasteiger partial charge on any atom is -0.384 e. The highest BCUT2D eigenvalue weighted by Gasteiger charge is 2.31. The number of nitrogens with one attached hydrogen (secondary N) is 2. The summed E-state index contributed by atoms with van der Waals surface area (Å²) >= 11 is 0. The highest BCUT2D eigenvalue weighted by molar-refractivity contribution is 6.05. The molecular formula is C6H10N4O. The summed E-state index contributed by atoms with van der Waals surface area (Å²) in [6.07, 6.45) is 0.721. The molecule has 4 N–H and O–H groups in total. The first-order chi connectivity index (χ1) is 5.13. The molecular weight excluding hydrogens is 144 g/mol. The van der Waals surface area contributed by atoms with E-state index in [0.29, 0.717) is 0 Å². The van der Waals surface area contributed by atoms with Crippen LogP contribution in [-0.4, -0.2) is 24.3 Å². The third-order valence-electron chi connectivity index (χ3n) is 1.14. The van der Waals surface area contributed by atoms with Crippen molar-refractivity contribution in [3.8, 4) is 6.07 Å². The van der Waals surface area contributed by atoms with Crippen LogP contribution in [0.25, 0.3) is 0 Å².